The van der Waals surface area contributed by atoms with Crippen LogP contribution in [0.25, 0.3) is 0 Å². The molecular formula is C12H24N2O. The zero-order chi connectivity index (χ0) is 10.7. The van der Waals surface area contributed by atoms with Crippen LogP contribution in [0.4, 0.5) is 0 Å². The monoisotopic (exact) mass is 212 g/mol. The quantitative estimate of drug-likeness (QED) is 0.697. The second-order valence-corrected chi connectivity index (χ2v) is 5.18. The molecule has 0 aromatic carbocycles. The Morgan fingerprint density at radius 2 is 2.13 bits per heavy atom. The van der Waals surface area contributed by atoms with Gasteiger partial charge in [-0.2, -0.15) is 0 Å². The lowest BCUT2D eigenvalue weighted by atomic mass is 9.68. The van der Waals surface area contributed by atoms with Gasteiger partial charge in [-0.15, -0.1) is 0 Å². The summed E-state index contributed by atoms with van der Waals surface area (Å²) in [5.41, 5.74) is 6.27. The van der Waals surface area contributed by atoms with Crippen LogP contribution in [0.2, 0.25) is 0 Å². The van der Waals surface area contributed by atoms with Crippen molar-refractivity contribution in [3.05, 3.63) is 0 Å². The van der Waals surface area contributed by atoms with E-state index in [2.05, 4.69) is 12.2 Å². The van der Waals surface area contributed by atoms with Crippen LogP contribution < -0.4 is 11.1 Å². The third kappa shape index (κ3) is 2.52. The van der Waals surface area contributed by atoms with Gasteiger partial charge in [-0.25, -0.2) is 0 Å². The number of hydrogen-bond donors (Lipinski definition) is 2. The summed E-state index contributed by atoms with van der Waals surface area (Å²) in [5.74, 6) is 0. The van der Waals surface area contributed by atoms with Crippen LogP contribution in [0.15, 0.2) is 0 Å². The second-order valence-electron chi connectivity index (χ2n) is 5.18. The minimum absolute atomic E-state index is 0.441. The summed E-state index contributed by atoms with van der Waals surface area (Å²) >= 11 is 0. The molecule has 0 aromatic heterocycles. The van der Waals surface area contributed by atoms with Crippen LogP contribution in [0, 0.1) is 5.41 Å². The summed E-state index contributed by atoms with van der Waals surface area (Å²) in [6.07, 6.45) is 6.90. The normalized spacial score (nSPS) is 33.2. The van der Waals surface area contributed by atoms with Crippen molar-refractivity contribution in [3.63, 3.8) is 0 Å². The molecule has 3 heteroatoms. The first-order valence-electron chi connectivity index (χ1n) is 6.33. The Labute approximate surface area is 92.7 Å². The summed E-state index contributed by atoms with van der Waals surface area (Å²) in [6, 6.07) is 0.686. The van der Waals surface area contributed by atoms with Gasteiger partial charge in [0.15, 0.2) is 0 Å². The summed E-state index contributed by atoms with van der Waals surface area (Å²) in [6.45, 7) is 4.89. The van der Waals surface area contributed by atoms with Gasteiger partial charge < -0.3 is 15.8 Å². The van der Waals surface area contributed by atoms with Crippen LogP contribution in [-0.2, 0) is 4.74 Å². The molecule has 0 bridgehead atoms. The first kappa shape index (κ1) is 11.4. The summed E-state index contributed by atoms with van der Waals surface area (Å²) in [5, 5.41) is 3.64. The molecule has 3 nitrogen and oxygen atoms in total. The topological polar surface area (TPSA) is 47.3 Å². The van der Waals surface area contributed by atoms with Crippen molar-refractivity contribution in [2.24, 2.45) is 11.1 Å². The van der Waals surface area contributed by atoms with Crippen molar-refractivity contribution in [1.29, 1.82) is 0 Å². The predicted octanol–water partition coefficient (Wildman–Crippen LogP) is 1.27. The van der Waals surface area contributed by atoms with E-state index in [1.54, 1.807) is 0 Å². The Bertz CT molecular complexity index is 192. The molecule has 0 atom stereocenters. The Hall–Kier alpha value is -0.120. The van der Waals surface area contributed by atoms with Crippen LogP contribution in [0.3, 0.4) is 0 Å². The lowest BCUT2D eigenvalue weighted by molar-refractivity contribution is -0.0145. The molecule has 0 unspecified atom stereocenters. The highest BCUT2D eigenvalue weighted by Gasteiger charge is 2.37. The van der Waals surface area contributed by atoms with Gasteiger partial charge in [-0.1, -0.05) is 6.42 Å². The minimum atomic E-state index is 0.441. The van der Waals surface area contributed by atoms with Crippen LogP contribution >= 0.6 is 0 Å². The SMILES string of the molecule is CCOC1CC(NCC2(CN)CCC2)C1. The van der Waals surface area contributed by atoms with Gasteiger partial charge in [0.25, 0.3) is 0 Å². The molecule has 0 amide bonds. The molecule has 3 N–H and O–H groups in total. The van der Waals surface area contributed by atoms with Gasteiger partial charge in [0.05, 0.1) is 6.10 Å². The number of nitrogens with two attached hydrogens (primary N) is 1. The van der Waals surface area contributed by atoms with E-state index in [9.17, 15) is 0 Å². The average molecular weight is 212 g/mol. The van der Waals surface area contributed by atoms with E-state index in [0.717, 1.165) is 19.7 Å². The maximum absolute atomic E-state index is 5.82. The van der Waals surface area contributed by atoms with Crippen LogP contribution in [0.1, 0.15) is 39.0 Å². The average Bonchev–Trinajstić information content (AvgIpc) is 2.12. The molecule has 0 spiro atoms. The van der Waals surface area contributed by atoms with Crippen molar-refractivity contribution < 1.29 is 4.74 Å². The van der Waals surface area contributed by atoms with Crippen molar-refractivity contribution in [2.75, 3.05) is 19.7 Å². The fourth-order valence-corrected chi connectivity index (χ4v) is 2.59. The van der Waals surface area contributed by atoms with Crippen molar-refractivity contribution in [2.45, 2.75) is 51.2 Å². The van der Waals surface area contributed by atoms with E-state index < -0.39 is 0 Å². The summed E-state index contributed by atoms with van der Waals surface area (Å²) < 4.78 is 5.54. The van der Waals surface area contributed by atoms with Gasteiger partial charge in [-0.3, -0.25) is 0 Å². The van der Waals surface area contributed by atoms with E-state index in [0.29, 0.717) is 17.6 Å². The summed E-state index contributed by atoms with van der Waals surface area (Å²) in [4.78, 5) is 0. The van der Waals surface area contributed by atoms with E-state index >= 15 is 0 Å². The minimum Gasteiger partial charge on any atom is -0.378 e. The van der Waals surface area contributed by atoms with Gasteiger partial charge in [0.1, 0.15) is 0 Å². The number of ether oxygens (including phenoxy) is 1. The molecule has 2 rings (SSSR count). The van der Waals surface area contributed by atoms with Gasteiger partial charge in [0.2, 0.25) is 0 Å². The molecule has 0 radical (unpaired) electrons. The Kier molecular flexibility index (Phi) is 3.65. The fraction of sp³-hybridized carbons (Fsp3) is 1.00. The fourth-order valence-electron chi connectivity index (χ4n) is 2.59. The third-order valence-electron chi connectivity index (χ3n) is 4.11. The molecule has 0 saturated heterocycles. The molecule has 2 saturated carbocycles. The predicted molar refractivity (Wildman–Crippen MR) is 61.8 cm³/mol. The molecule has 0 aliphatic heterocycles. The molecule has 2 aliphatic rings. The number of hydrogen-bond acceptors (Lipinski definition) is 3. The van der Waals surface area contributed by atoms with E-state index in [1.165, 1.54) is 32.1 Å². The van der Waals surface area contributed by atoms with E-state index in [4.69, 9.17) is 10.5 Å². The molecule has 88 valence electrons. The summed E-state index contributed by atoms with van der Waals surface area (Å²) in [7, 11) is 0. The maximum Gasteiger partial charge on any atom is 0.0604 e. The molecule has 2 aliphatic carbocycles. The highest BCUT2D eigenvalue weighted by molar-refractivity contribution is 4.94. The van der Waals surface area contributed by atoms with Gasteiger partial charge >= 0.3 is 0 Å². The lowest BCUT2D eigenvalue weighted by Crippen LogP contribution is -2.52. The molecule has 0 heterocycles. The molecule has 15 heavy (non-hydrogen) atoms. The van der Waals surface area contributed by atoms with Gasteiger partial charge in [0, 0.05) is 19.2 Å². The number of nitrogens with one attached hydrogen (secondary N) is 1. The highest BCUT2D eigenvalue weighted by Crippen LogP contribution is 2.39. The first-order chi connectivity index (χ1) is 7.28. The first-order valence-corrected chi connectivity index (χ1v) is 6.33. The number of rotatable bonds is 6. The highest BCUT2D eigenvalue weighted by atomic mass is 16.5. The maximum atomic E-state index is 5.82. The van der Waals surface area contributed by atoms with Crippen molar-refractivity contribution in [3.8, 4) is 0 Å². The third-order valence-corrected chi connectivity index (χ3v) is 4.11. The largest absolute Gasteiger partial charge is 0.378 e. The van der Waals surface area contributed by atoms with E-state index in [1.807, 2.05) is 0 Å². The Morgan fingerprint density at radius 1 is 1.40 bits per heavy atom. The Balaban J connectivity index is 1.59. The molecule has 0 aromatic rings. The van der Waals surface area contributed by atoms with E-state index in [-0.39, 0.29) is 0 Å². The molecular weight excluding hydrogens is 188 g/mol. The lowest BCUT2D eigenvalue weighted by Gasteiger charge is -2.44. The zero-order valence-electron chi connectivity index (χ0n) is 9.80. The Morgan fingerprint density at radius 3 is 2.60 bits per heavy atom. The zero-order valence-corrected chi connectivity index (χ0v) is 9.80. The van der Waals surface area contributed by atoms with Crippen LogP contribution in [-0.4, -0.2) is 31.8 Å². The van der Waals surface area contributed by atoms with Crippen LogP contribution in [0.5, 0.6) is 0 Å². The molecule has 2 fully saturated rings. The van der Waals surface area contributed by atoms with Crippen molar-refractivity contribution >= 4 is 0 Å². The smallest absolute Gasteiger partial charge is 0.0604 e. The standard InChI is InChI=1S/C12H24N2O/c1-2-15-11-6-10(7-11)14-9-12(8-13)4-3-5-12/h10-11,14H,2-9,13H2,1H3. The van der Waals surface area contributed by atoms with Crippen molar-refractivity contribution in [1.82, 2.24) is 5.32 Å². The second kappa shape index (κ2) is 4.81. The van der Waals surface area contributed by atoms with Gasteiger partial charge in [-0.05, 0) is 44.6 Å².